The number of hydrogen-bond donors (Lipinski definition) is 0. The summed E-state index contributed by atoms with van der Waals surface area (Å²) in [6.07, 6.45) is 7.16. The molecule has 354 valence electrons. The van der Waals surface area contributed by atoms with Gasteiger partial charge in [-0.05, 0) is 136 Å². The molecular formula is C44H88N6S10. The molecule has 0 atom stereocenters. The average Bonchev–Trinajstić information content (AvgIpc) is 3.17. The number of nitrogens with zero attached hydrogens (tertiary/aromatic N) is 6. The Morgan fingerprint density at radius 1 is 0.400 bits per heavy atom. The summed E-state index contributed by atoms with van der Waals surface area (Å²) in [5.74, 6) is 2.66. The van der Waals surface area contributed by atoms with E-state index in [1.807, 2.05) is 14.1 Å². The van der Waals surface area contributed by atoms with E-state index in [1.54, 1.807) is 33.3 Å². The number of thioether (sulfide) groups is 2. The molecule has 16 heteroatoms. The van der Waals surface area contributed by atoms with E-state index in [1.165, 1.54) is 50.3 Å². The Labute approximate surface area is 421 Å². The summed E-state index contributed by atoms with van der Waals surface area (Å²) in [5, 5.41) is 0. The molecule has 0 radical (unpaired) electrons. The van der Waals surface area contributed by atoms with Gasteiger partial charge in [0.05, 0.1) is 0 Å². The van der Waals surface area contributed by atoms with Gasteiger partial charge < -0.3 is 29.4 Å². The predicted molar refractivity (Wildman–Crippen MR) is 308 cm³/mol. The van der Waals surface area contributed by atoms with E-state index in [0.717, 1.165) is 78.3 Å². The molecule has 0 fully saturated rings. The van der Waals surface area contributed by atoms with E-state index in [2.05, 4.69) is 140 Å². The van der Waals surface area contributed by atoms with Gasteiger partial charge in [-0.2, -0.15) is 0 Å². The summed E-state index contributed by atoms with van der Waals surface area (Å²) in [5.41, 5.74) is 0. The topological polar surface area (TPSA) is 19.4 Å². The first-order valence-corrected chi connectivity index (χ1v) is 28.5. The fourth-order valence-corrected chi connectivity index (χ4v) is 11.2. The minimum absolute atomic E-state index is 0.414. The van der Waals surface area contributed by atoms with Crippen LogP contribution in [-0.4, -0.2) is 134 Å². The van der Waals surface area contributed by atoms with E-state index in [9.17, 15) is 0 Å². The molecule has 0 aliphatic carbocycles. The highest BCUT2D eigenvalue weighted by Crippen LogP contribution is 2.29. The molecule has 0 heterocycles. The third kappa shape index (κ3) is 34.1. The molecule has 0 bridgehead atoms. The van der Waals surface area contributed by atoms with Crippen LogP contribution in [0.2, 0.25) is 0 Å². The maximum atomic E-state index is 5.76. The van der Waals surface area contributed by atoms with Gasteiger partial charge in [-0.15, -0.1) is 0 Å². The van der Waals surface area contributed by atoms with Gasteiger partial charge in [0.15, 0.2) is 0 Å². The summed E-state index contributed by atoms with van der Waals surface area (Å²) < 4.78 is 5.48. The van der Waals surface area contributed by atoms with E-state index >= 15 is 0 Å². The number of hydrogen-bond acceptors (Lipinski definition) is 10. The number of thiocarbonyl (C=S) groups is 6. The molecule has 0 unspecified atom stereocenters. The van der Waals surface area contributed by atoms with Crippen LogP contribution in [-0.2, 0) is 0 Å². The lowest BCUT2D eigenvalue weighted by Gasteiger charge is -2.29. The van der Waals surface area contributed by atoms with Crippen molar-refractivity contribution in [3.05, 3.63) is 0 Å². The Bertz CT molecular complexity index is 1110. The van der Waals surface area contributed by atoms with Gasteiger partial charge in [0.2, 0.25) is 0 Å². The summed E-state index contributed by atoms with van der Waals surface area (Å²) in [6.45, 7) is 43.3. The number of unbranched alkanes of at least 4 members (excludes halogenated alkanes) is 2. The quantitative estimate of drug-likeness (QED) is 0.0852. The molecule has 0 N–H and O–H groups in total. The molecule has 0 spiro atoms. The molecule has 0 aliphatic rings. The Balaban J connectivity index is -0.000000839. The second kappa shape index (κ2) is 39.0. The molecule has 0 aromatic heterocycles. The highest BCUT2D eigenvalue weighted by molar-refractivity contribution is 8.89. The zero-order valence-electron chi connectivity index (χ0n) is 41.1. The van der Waals surface area contributed by atoms with Crippen molar-refractivity contribution in [3.8, 4) is 0 Å². The van der Waals surface area contributed by atoms with Crippen molar-refractivity contribution in [2.24, 2.45) is 23.7 Å². The van der Waals surface area contributed by atoms with E-state index in [-0.39, 0.29) is 0 Å². The van der Waals surface area contributed by atoms with Crippen molar-refractivity contribution in [3.63, 3.8) is 0 Å². The van der Waals surface area contributed by atoms with Crippen LogP contribution in [0.25, 0.3) is 0 Å². The lowest BCUT2D eigenvalue weighted by Crippen LogP contribution is -2.35. The zero-order valence-corrected chi connectivity index (χ0v) is 49.3. The first kappa shape index (κ1) is 65.0. The standard InChI is InChI=1S/C20H40N2S3.C14H28N2S4.C10H20N2S3/c1-7-9-13-21(15-11-17(3)4)19(23)25-20(24)22(14-10-8-2)16-12-18(5)6;1-7-15(9-11(3)4)13(17)19-20-14(18)16(8-2)10-12(5)6;1-7(2)11(5)9(13)15-10(14)12(6)8(3)4/h17-18H,7-16H2,1-6H3;11-12H,7-10H2,1-6H3;7-8H,1-6H3. The van der Waals surface area contributed by atoms with Crippen LogP contribution in [0, 0.1) is 23.7 Å². The van der Waals surface area contributed by atoms with Crippen molar-refractivity contribution in [1.82, 2.24) is 29.4 Å². The third-order valence-electron chi connectivity index (χ3n) is 9.14. The SMILES string of the molecule is CC(C)N(C)C(=S)SC(=S)N(C)C(C)C.CCCCN(CCC(C)C)C(=S)SC(=S)N(CCCC)CCC(C)C.CCN(CC(C)C)C(=S)SSC(=S)N(CC)CC(C)C. The third-order valence-corrected chi connectivity index (χ3v) is 16.8. The van der Waals surface area contributed by atoms with Crippen LogP contribution < -0.4 is 0 Å². The van der Waals surface area contributed by atoms with Crippen LogP contribution in [0.3, 0.4) is 0 Å². The second-order valence-electron chi connectivity index (χ2n) is 17.3. The highest BCUT2D eigenvalue weighted by Gasteiger charge is 2.19. The van der Waals surface area contributed by atoms with Gasteiger partial charge >= 0.3 is 0 Å². The predicted octanol–water partition coefficient (Wildman–Crippen LogP) is 14.4. The molecule has 0 rings (SSSR count). The summed E-state index contributed by atoms with van der Waals surface area (Å²) in [7, 11) is 7.24. The van der Waals surface area contributed by atoms with E-state index in [4.69, 9.17) is 73.3 Å². The normalized spacial score (nSPS) is 11.0. The molecular weight excluding hydrogens is 933 g/mol. The first-order chi connectivity index (χ1) is 27.9. The monoisotopic (exact) mass is 1020 g/mol. The molecule has 0 aromatic carbocycles. The van der Waals surface area contributed by atoms with E-state index < -0.39 is 0 Å². The molecule has 0 aromatic rings. The van der Waals surface area contributed by atoms with Crippen LogP contribution in [0.4, 0.5) is 0 Å². The minimum atomic E-state index is 0.414. The average molecular weight is 1020 g/mol. The Morgan fingerprint density at radius 2 is 0.700 bits per heavy atom. The fourth-order valence-electron chi connectivity index (χ4n) is 4.68. The van der Waals surface area contributed by atoms with Crippen molar-refractivity contribution >= 4 is 144 Å². The van der Waals surface area contributed by atoms with Gasteiger partial charge in [0, 0.05) is 78.5 Å². The molecule has 0 amide bonds. The van der Waals surface area contributed by atoms with E-state index in [0.29, 0.717) is 35.8 Å². The second-order valence-corrected chi connectivity index (χ2v) is 25.2. The maximum Gasteiger partial charge on any atom is 0.147 e. The lowest BCUT2D eigenvalue weighted by molar-refractivity contribution is 0.381. The Morgan fingerprint density at radius 3 is 0.933 bits per heavy atom. The first-order valence-electron chi connectivity index (χ1n) is 22.3. The lowest BCUT2D eigenvalue weighted by atomic mass is 10.1. The molecule has 0 aliphatic heterocycles. The summed E-state index contributed by atoms with van der Waals surface area (Å²) in [4.78, 5) is 13.4. The van der Waals surface area contributed by atoms with Gasteiger partial charge in [-0.3, -0.25) is 0 Å². The smallest absolute Gasteiger partial charge is 0.147 e. The largest absolute Gasteiger partial charge is 0.358 e. The fraction of sp³-hybridized carbons (Fsp3) is 0.864. The Kier molecular flexibility index (Phi) is 42.2. The van der Waals surface area contributed by atoms with Crippen LogP contribution in [0.1, 0.15) is 149 Å². The molecule has 0 saturated carbocycles. The summed E-state index contributed by atoms with van der Waals surface area (Å²) in [6, 6.07) is 0.828. The van der Waals surface area contributed by atoms with Crippen molar-refractivity contribution < 1.29 is 0 Å². The summed E-state index contributed by atoms with van der Waals surface area (Å²) >= 11 is 36.3. The zero-order chi connectivity index (χ0) is 47.1. The van der Waals surface area contributed by atoms with Crippen molar-refractivity contribution in [1.29, 1.82) is 0 Å². The van der Waals surface area contributed by atoms with Crippen molar-refractivity contribution in [2.45, 2.75) is 161 Å². The van der Waals surface area contributed by atoms with Crippen molar-refractivity contribution in [2.75, 3.05) is 66.5 Å². The van der Waals surface area contributed by atoms with Crippen LogP contribution in [0.5, 0.6) is 0 Å². The maximum absolute atomic E-state index is 5.76. The van der Waals surface area contributed by atoms with Gasteiger partial charge in [-0.1, -0.05) is 155 Å². The molecule has 60 heavy (non-hydrogen) atoms. The molecule has 0 saturated heterocycles. The Hall–Kier alpha value is 0.740. The van der Waals surface area contributed by atoms with Gasteiger partial charge in [0.25, 0.3) is 0 Å². The van der Waals surface area contributed by atoms with Crippen LogP contribution >= 0.6 is 118 Å². The highest BCUT2D eigenvalue weighted by atomic mass is 33.1. The van der Waals surface area contributed by atoms with Gasteiger partial charge in [0.1, 0.15) is 25.9 Å². The van der Waals surface area contributed by atoms with Crippen LogP contribution in [0.15, 0.2) is 0 Å². The minimum Gasteiger partial charge on any atom is -0.358 e. The number of rotatable bonds is 20. The van der Waals surface area contributed by atoms with Gasteiger partial charge in [-0.25, -0.2) is 0 Å². The molecule has 6 nitrogen and oxygen atoms in total.